The van der Waals surface area contributed by atoms with Gasteiger partial charge in [-0.3, -0.25) is 0 Å². The van der Waals surface area contributed by atoms with Crippen molar-refractivity contribution in [3.63, 3.8) is 0 Å². The minimum absolute atomic E-state index is 0.112. The molecule has 128 valence electrons. The number of anilines is 1. The van der Waals surface area contributed by atoms with Crippen LogP contribution >= 0.6 is 0 Å². The minimum atomic E-state index is -1.30. The smallest absolute Gasteiger partial charge is 0.388 e. The third-order valence-corrected chi connectivity index (χ3v) is 4.01. The van der Waals surface area contributed by atoms with Gasteiger partial charge in [-0.15, -0.1) is 0 Å². The number of ether oxygens (including phenoxy) is 1. The van der Waals surface area contributed by atoms with E-state index >= 15 is 0 Å². The van der Waals surface area contributed by atoms with Gasteiger partial charge in [-0.1, -0.05) is 12.1 Å². The first-order chi connectivity index (χ1) is 12.1. The van der Waals surface area contributed by atoms with Gasteiger partial charge in [0.2, 0.25) is 5.88 Å². The van der Waals surface area contributed by atoms with Crippen LogP contribution in [0.25, 0.3) is 11.4 Å². The van der Waals surface area contributed by atoms with Gasteiger partial charge in [0, 0.05) is 10.1 Å². The van der Waals surface area contributed by atoms with Crippen LogP contribution in [0.15, 0.2) is 24.3 Å². The number of nitrogen functional groups attached to an aromatic ring is 1. The average molecular weight is 342 g/mol. The number of halogens is 1. The van der Waals surface area contributed by atoms with Crippen molar-refractivity contribution in [1.82, 2.24) is 9.97 Å². The van der Waals surface area contributed by atoms with Crippen molar-refractivity contribution >= 4 is 11.8 Å². The molecule has 0 bridgehead atoms. The van der Waals surface area contributed by atoms with Crippen LogP contribution in [0.1, 0.15) is 41.6 Å². The van der Waals surface area contributed by atoms with Crippen LogP contribution in [0.3, 0.4) is 0 Å². The van der Waals surface area contributed by atoms with Crippen LogP contribution in [-0.4, -0.2) is 22.0 Å². The predicted molar refractivity (Wildman–Crippen MR) is 86.0 cm³/mol. The second-order valence-electron chi connectivity index (χ2n) is 5.69. The molecular weight excluding hydrogens is 327 g/mol. The molecule has 1 heterocycles. The second kappa shape index (κ2) is 7.13. The number of benzene rings is 1. The molecule has 1 fully saturated rings. The highest BCUT2D eigenvalue weighted by Crippen LogP contribution is 2.30. The highest BCUT2D eigenvalue weighted by Gasteiger charge is 2.27. The molecule has 1 saturated carbocycles. The maximum Gasteiger partial charge on any atom is 0.388 e. The van der Waals surface area contributed by atoms with E-state index in [1.807, 2.05) is 6.07 Å². The Morgan fingerprint density at radius 3 is 2.76 bits per heavy atom. The SMILES string of the molecule is N#Cc1cccc(-c2nc(N)c(C(=O)OF)c(OC3CCCC3)n2)c1. The molecule has 0 atom stereocenters. The third kappa shape index (κ3) is 3.50. The molecular formula is C17H15FN4O3. The van der Waals surface area contributed by atoms with Crippen molar-refractivity contribution in [2.24, 2.45) is 0 Å². The molecule has 0 unspecified atom stereocenters. The molecule has 0 spiro atoms. The molecule has 0 aliphatic heterocycles. The Balaban J connectivity index is 2.07. The van der Waals surface area contributed by atoms with E-state index in [1.165, 1.54) is 0 Å². The summed E-state index contributed by atoms with van der Waals surface area (Å²) >= 11 is 0. The van der Waals surface area contributed by atoms with E-state index in [2.05, 4.69) is 14.9 Å². The van der Waals surface area contributed by atoms with Crippen molar-refractivity contribution in [3.8, 4) is 23.3 Å². The number of rotatable bonds is 4. The highest BCUT2D eigenvalue weighted by atomic mass is 19.3. The van der Waals surface area contributed by atoms with E-state index in [0.29, 0.717) is 11.1 Å². The summed E-state index contributed by atoms with van der Waals surface area (Å²) in [5.74, 6) is -1.48. The number of nitrogens with two attached hydrogens (primary N) is 1. The Morgan fingerprint density at radius 2 is 2.08 bits per heavy atom. The lowest BCUT2D eigenvalue weighted by atomic mass is 10.1. The minimum Gasteiger partial charge on any atom is -0.474 e. The molecule has 1 aliphatic rings. The van der Waals surface area contributed by atoms with Gasteiger partial charge in [0.15, 0.2) is 11.4 Å². The Bertz CT molecular complexity index is 844. The van der Waals surface area contributed by atoms with Gasteiger partial charge in [0.1, 0.15) is 11.9 Å². The fraction of sp³-hybridized carbons (Fsp3) is 0.294. The monoisotopic (exact) mass is 342 g/mol. The summed E-state index contributed by atoms with van der Waals surface area (Å²) in [6.07, 6.45) is 3.51. The Labute approximate surface area is 143 Å². The van der Waals surface area contributed by atoms with Gasteiger partial charge >= 0.3 is 5.97 Å². The van der Waals surface area contributed by atoms with E-state index in [0.717, 1.165) is 25.7 Å². The lowest BCUT2D eigenvalue weighted by molar-refractivity contribution is -0.0790. The van der Waals surface area contributed by atoms with Gasteiger partial charge in [-0.05, 0) is 37.8 Å². The summed E-state index contributed by atoms with van der Waals surface area (Å²) < 4.78 is 18.2. The van der Waals surface area contributed by atoms with Crippen LogP contribution < -0.4 is 10.5 Å². The number of carbonyl (C=O) groups excluding carboxylic acids is 1. The molecule has 2 N–H and O–H groups in total. The number of nitrogens with zero attached hydrogens (tertiary/aromatic N) is 3. The zero-order valence-electron chi connectivity index (χ0n) is 13.2. The largest absolute Gasteiger partial charge is 0.474 e. The van der Waals surface area contributed by atoms with Gasteiger partial charge in [0.05, 0.1) is 11.6 Å². The van der Waals surface area contributed by atoms with Gasteiger partial charge < -0.3 is 10.5 Å². The fourth-order valence-corrected chi connectivity index (χ4v) is 2.79. The number of nitriles is 1. The normalized spacial score (nSPS) is 14.1. The topological polar surface area (TPSA) is 111 Å². The maximum absolute atomic E-state index is 12.4. The standard InChI is InChI=1S/C17H15FN4O3/c18-25-17(23)13-14(20)21-15(11-5-3-4-10(8-11)9-19)22-16(13)24-12-6-1-2-7-12/h3-5,8,12H,1-2,6-7H2,(H2,20,21,22). The number of hydrogen-bond acceptors (Lipinski definition) is 7. The second-order valence-corrected chi connectivity index (χ2v) is 5.69. The number of carbonyl (C=O) groups is 1. The molecule has 7 nitrogen and oxygen atoms in total. The lowest BCUT2D eigenvalue weighted by Crippen LogP contribution is -2.18. The fourth-order valence-electron chi connectivity index (χ4n) is 2.79. The molecule has 3 rings (SSSR count). The van der Waals surface area contributed by atoms with Crippen LogP contribution in [0.5, 0.6) is 5.88 Å². The zero-order chi connectivity index (χ0) is 17.8. The molecule has 8 heteroatoms. The quantitative estimate of drug-likeness (QED) is 0.909. The van der Waals surface area contributed by atoms with Crippen LogP contribution in [0.4, 0.5) is 10.3 Å². The van der Waals surface area contributed by atoms with Gasteiger partial charge in [-0.2, -0.15) is 10.2 Å². The number of aromatic nitrogens is 2. The number of hydrogen-bond donors (Lipinski definition) is 1. The summed E-state index contributed by atoms with van der Waals surface area (Å²) in [7, 11) is 0. The van der Waals surface area contributed by atoms with E-state index in [-0.39, 0.29) is 29.2 Å². The molecule has 0 amide bonds. The highest BCUT2D eigenvalue weighted by molar-refractivity contribution is 5.96. The molecule has 0 saturated heterocycles. The molecule has 0 radical (unpaired) electrons. The van der Waals surface area contributed by atoms with Gasteiger partial charge in [-0.25, -0.2) is 14.7 Å². The first-order valence-corrected chi connectivity index (χ1v) is 7.80. The third-order valence-electron chi connectivity index (χ3n) is 4.01. The summed E-state index contributed by atoms with van der Waals surface area (Å²) in [5.41, 5.74) is 6.43. The lowest BCUT2D eigenvalue weighted by Gasteiger charge is -2.16. The van der Waals surface area contributed by atoms with E-state index in [1.54, 1.807) is 24.3 Å². The van der Waals surface area contributed by atoms with Crippen molar-refractivity contribution in [1.29, 1.82) is 5.26 Å². The molecule has 1 aliphatic carbocycles. The zero-order valence-corrected chi connectivity index (χ0v) is 13.2. The van der Waals surface area contributed by atoms with E-state index in [4.69, 9.17) is 15.7 Å². The summed E-state index contributed by atoms with van der Waals surface area (Å²) in [6, 6.07) is 8.62. The predicted octanol–water partition coefficient (Wildman–Crippen LogP) is 2.96. The summed E-state index contributed by atoms with van der Waals surface area (Å²) in [5, 5.41) is 9.01. The van der Waals surface area contributed by atoms with Crippen LogP contribution in [0.2, 0.25) is 0 Å². The first kappa shape index (κ1) is 16.6. The first-order valence-electron chi connectivity index (χ1n) is 7.80. The Morgan fingerprint density at radius 1 is 1.32 bits per heavy atom. The Kier molecular flexibility index (Phi) is 4.75. The molecule has 1 aromatic carbocycles. The maximum atomic E-state index is 12.4. The van der Waals surface area contributed by atoms with Crippen molar-refractivity contribution in [2.75, 3.05) is 5.73 Å². The molecule has 25 heavy (non-hydrogen) atoms. The average Bonchev–Trinajstić information content (AvgIpc) is 3.14. The summed E-state index contributed by atoms with van der Waals surface area (Å²) in [4.78, 5) is 23.2. The van der Waals surface area contributed by atoms with Crippen LogP contribution in [-0.2, 0) is 4.94 Å². The molecule has 2 aromatic rings. The summed E-state index contributed by atoms with van der Waals surface area (Å²) in [6.45, 7) is 0. The van der Waals surface area contributed by atoms with Crippen LogP contribution in [0, 0.1) is 11.3 Å². The Hall–Kier alpha value is -3.21. The van der Waals surface area contributed by atoms with Crippen molar-refractivity contribution in [3.05, 3.63) is 35.4 Å². The van der Waals surface area contributed by atoms with Crippen molar-refractivity contribution in [2.45, 2.75) is 31.8 Å². The van der Waals surface area contributed by atoms with Gasteiger partial charge in [0.25, 0.3) is 0 Å². The van der Waals surface area contributed by atoms with E-state index < -0.39 is 5.97 Å². The molecule has 1 aromatic heterocycles. The van der Waals surface area contributed by atoms with E-state index in [9.17, 15) is 9.32 Å². The van der Waals surface area contributed by atoms with Crippen molar-refractivity contribution < 1.29 is 19.0 Å².